The number of likely N-dealkylation sites (tertiary alicyclic amines) is 1. The average molecular weight is 600 g/mol. The number of ether oxygens (including phenoxy) is 1. The third-order valence-corrected chi connectivity index (χ3v) is 9.39. The zero-order valence-corrected chi connectivity index (χ0v) is 24.0. The van der Waals surface area contributed by atoms with Gasteiger partial charge in [0.25, 0.3) is 6.43 Å². The van der Waals surface area contributed by atoms with Gasteiger partial charge >= 0.3 is 0 Å². The maximum Gasteiger partial charge on any atom is 0.273 e. The molecule has 2 N–H and O–H groups in total. The van der Waals surface area contributed by atoms with E-state index in [0.29, 0.717) is 39.7 Å². The Bertz CT molecular complexity index is 1450. The number of nitrogens with zero attached hydrogens (tertiary/aromatic N) is 1. The normalized spacial score (nSPS) is 18.8. The van der Waals surface area contributed by atoms with Gasteiger partial charge in [-0.2, -0.15) is 0 Å². The molecule has 0 bridgehead atoms. The predicted octanol–water partition coefficient (Wildman–Crippen LogP) is 6.65. The van der Waals surface area contributed by atoms with Crippen molar-refractivity contribution in [1.29, 1.82) is 0 Å². The van der Waals surface area contributed by atoms with Gasteiger partial charge in [0.15, 0.2) is 6.17 Å². The summed E-state index contributed by atoms with van der Waals surface area (Å²) in [4.78, 5) is 2.05. The van der Waals surface area contributed by atoms with Crippen LogP contribution in [-0.2, 0) is 4.57 Å². The van der Waals surface area contributed by atoms with Crippen LogP contribution in [0, 0.1) is 11.8 Å². The summed E-state index contributed by atoms with van der Waals surface area (Å²) in [7, 11) is -0.756. The van der Waals surface area contributed by atoms with Gasteiger partial charge in [0, 0.05) is 29.3 Å². The molecule has 2 aromatic carbocycles. The van der Waals surface area contributed by atoms with E-state index >= 15 is 0 Å². The molecule has 3 aromatic rings. The van der Waals surface area contributed by atoms with Crippen molar-refractivity contribution in [3.05, 3.63) is 46.8 Å². The van der Waals surface area contributed by atoms with Crippen LogP contribution in [0.25, 0.3) is 10.1 Å². The number of alkyl halides is 5. The Morgan fingerprint density at radius 1 is 1.20 bits per heavy atom. The summed E-state index contributed by atoms with van der Waals surface area (Å²) in [6.07, 6.45) is -6.34. The Kier molecular flexibility index (Phi) is 9.65. The van der Waals surface area contributed by atoms with Gasteiger partial charge in [-0.15, -0.1) is 11.3 Å². The molecule has 1 fully saturated rings. The van der Waals surface area contributed by atoms with Crippen LogP contribution in [0.5, 0.6) is 5.75 Å². The zero-order chi connectivity index (χ0) is 29.0. The Balaban J connectivity index is 1.62. The van der Waals surface area contributed by atoms with Crippen molar-refractivity contribution in [3.63, 3.8) is 0 Å². The lowest BCUT2D eigenvalue weighted by atomic mass is 10.0. The fourth-order valence-corrected chi connectivity index (χ4v) is 6.64. The lowest BCUT2D eigenvalue weighted by Gasteiger charge is -2.33. The molecule has 1 aromatic heterocycles. The van der Waals surface area contributed by atoms with Gasteiger partial charge in [-0.05, 0) is 51.1 Å². The van der Waals surface area contributed by atoms with Crippen LogP contribution in [-0.4, -0.2) is 70.4 Å². The van der Waals surface area contributed by atoms with E-state index in [1.165, 1.54) is 6.07 Å². The van der Waals surface area contributed by atoms with Gasteiger partial charge in [0.1, 0.15) is 19.1 Å². The minimum atomic E-state index is -3.25. The van der Waals surface area contributed by atoms with E-state index in [-0.39, 0.29) is 29.3 Å². The molecule has 0 spiro atoms. The second kappa shape index (κ2) is 12.8. The highest BCUT2D eigenvalue weighted by Crippen LogP contribution is 2.42. The van der Waals surface area contributed by atoms with E-state index in [9.17, 15) is 26.5 Å². The molecule has 2 heterocycles. The first-order valence-electron chi connectivity index (χ1n) is 12.7. The molecule has 3 unspecified atom stereocenters. The van der Waals surface area contributed by atoms with Crippen molar-refractivity contribution in [1.82, 2.24) is 4.90 Å². The van der Waals surface area contributed by atoms with Crippen molar-refractivity contribution in [2.45, 2.75) is 31.2 Å². The van der Waals surface area contributed by atoms with E-state index in [1.54, 1.807) is 43.7 Å². The molecule has 3 atom stereocenters. The Morgan fingerprint density at radius 3 is 2.65 bits per heavy atom. The second-order valence-electron chi connectivity index (χ2n) is 10.0. The molecule has 1 saturated heterocycles. The molecular formula is C28H31F5N3O2PS. The van der Waals surface area contributed by atoms with Crippen molar-refractivity contribution < 1.29 is 31.3 Å². The van der Waals surface area contributed by atoms with Gasteiger partial charge in [-0.25, -0.2) is 22.0 Å². The Morgan fingerprint density at radius 2 is 1.98 bits per heavy atom. The van der Waals surface area contributed by atoms with Crippen LogP contribution in [0.15, 0.2) is 36.4 Å². The van der Waals surface area contributed by atoms with E-state index < -0.39 is 38.8 Å². The number of halogens is 5. The van der Waals surface area contributed by atoms with Crippen molar-refractivity contribution in [2.24, 2.45) is 0 Å². The number of rotatable bonds is 9. The minimum Gasteiger partial charge on any atom is -0.461 e. The number of hydrogen-bond donors (Lipinski definition) is 2. The summed E-state index contributed by atoms with van der Waals surface area (Å²) < 4.78 is 87.4. The van der Waals surface area contributed by atoms with Crippen LogP contribution in [0.1, 0.15) is 23.0 Å². The molecule has 12 heteroatoms. The highest BCUT2D eigenvalue weighted by Gasteiger charge is 2.31. The number of anilines is 2. The van der Waals surface area contributed by atoms with E-state index in [1.807, 2.05) is 11.9 Å². The average Bonchev–Trinajstić information content (AvgIpc) is 3.27. The van der Waals surface area contributed by atoms with Crippen LogP contribution in [0.3, 0.4) is 0 Å². The minimum absolute atomic E-state index is 0.0153. The first-order valence-corrected chi connectivity index (χ1v) is 16.1. The molecule has 1 aliphatic heterocycles. The summed E-state index contributed by atoms with van der Waals surface area (Å²) in [5.74, 6) is 5.78. The summed E-state index contributed by atoms with van der Waals surface area (Å²) in [6, 6.07) is 9.20. The number of thiophene rings is 1. The largest absolute Gasteiger partial charge is 0.461 e. The first-order chi connectivity index (χ1) is 19.0. The maximum absolute atomic E-state index is 14.8. The fourth-order valence-electron chi connectivity index (χ4n) is 4.60. The quantitative estimate of drug-likeness (QED) is 0.164. The topological polar surface area (TPSA) is 53.6 Å². The van der Waals surface area contributed by atoms with E-state index in [2.05, 4.69) is 22.5 Å². The number of hydrogen-bond acceptors (Lipinski definition) is 6. The van der Waals surface area contributed by atoms with E-state index in [0.717, 1.165) is 11.3 Å². The summed E-state index contributed by atoms with van der Waals surface area (Å²) in [5.41, 5.74) is 0.756. The lowest BCUT2D eigenvalue weighted by molar-refractivity contribution is 0.0504. The van der Waals surface area contributed by atoms with Crippen LogP contribution < -0.4 is 20.7 Å². The van der Waals surface area contributed by atoms with Crippen molar-refractivity contribution in [3.8, 4) is 17.6 Å². The Hall–Kier alpha value is -2.80. The number of piperidine rings is 1. The molecular weight excluding hydrogens is 568 g/mol. The molecule has 0 radical (unpaired) electrons. The molecule has 0 aliphatic carbocycles. The molecule has 216 valence electrons. The zero-order valence-electron chi connectivity index (χ0n) is 22.3. The standard InChI is InChI=1S/C28H31F5N3O2PS/c1-36-13-11-20(19(30)15-36)35-22-7-4-6-18-25(26(31)28(32)33)24(40-27(18)22)8-5-12-34-21-10-9-17(39(2,3)37)14-23(21)38-16-29/h4,6-7,9-10,14,19-20,26,28,34-35H,11-13,15-16H2,1-3H3. The third-order valence-electron chi connectivity index (χ3n) is 6.70. The molecule has 4 rings (SSSR count). The van der Waals surface area contributed by atoms with Gasteiger partial charge in [0.05, 0.1) is 33.5 Å². The van der Waals surface area contributed by atoms with Crippen molar-refractivity contribution in [2.75, 3.05) is 57.5 Å². The van der Waals surface area contributed by atoms with Crippen molar-refractivity contribution >= 4 is 45.2 Å². The highest BCUT2D eigenvalue weighted by molar-refractivity contribution is 7.70. The summed E-state index contributed by atoms with van der Waals surface area (Å²) >= 11 is 1.07. The van der Waals surface area contributed by atoms with Gasteiger partial charge in [-0.3, -0.25) is 0 Å². The van der Waals surface area contributed by atoms with Gasteiger partial charge in [-0.1, -0.05) is 24.0 Å². The lowest BCUT2D eigenvalue weighted by Crippen LogP contribution is -2.46. The summed E-state index contributed by atoms with van der Waals surface area (Å²) in [5, 5.41) is 7.00. The molecule has 1 aliphatic rings. The van der Waals surface area contributed by atoms with Gasteiger partial charge in [0.2, 0.25) is 6.86 Å². The molecule has 40 heavy (non-hydrogen) atoms. The van der Waals surface area contributed by atoms with Crippen LogP contribution in [0.2, 0.25) is 0 Å². The fraction of sp³-hybridized carbons (Fsp3) is 0.429. The Labute approximate surface area is 234 Å². The van der Waals surface area contributed by atoms with Crippen LogP contribution >= 0.6 is 18.5 Å². The number of fused-ring (bicyclic) bond motifs is 1. The van der Waals surface area contributed by atoms with Crippen LogP contribution in [0.4, 0.5) is 33.3 Å². The monoisotopic (exact) mass is 599 g/mol. The molecule has 0 amide bonds. The van der Waals surface area contributed by atoms with Gasteiger partial charge < -0.3 is 24.8 Å². The maximum atomic E-state index is 14.8. The number of benzene rings is 2. The second-order valence-corrected chi connectivity index (χ2v) is 14.3. The smallest absolute Gasteiger partial charge is 0.273 e. The molecule has 5 nitrogen and oxygen atoms in total. The third kappa shape index (κ3) is 6.91. The highest BCUT2D eigenvalue weighted by atomic mass is 32.1. The first kappa shape index (κ1) is 30.2. The molecule has 0 saturated carbocycles. The predicted molar refractivity (Wildman–Crippen MR) is 154 cm³/mol. The summed E-state index contributed by atoms with van der Waals surface area (Å²) in [6.45, 7) is 3.09. The number of nitrogens with one attached hydrogen (secondary N) is 2. The SMILES string of the molecule is CN1CCC(Nc2cccc3c(C(F)C(F)F)c(C#CCNc4ccc(P(C)(C)=O)cc4OCF)sc23)C(F)C1. The van der Waals surface area contributed by atoms with E-state index in [4.69, 9.17) is 4.74 Å².